The Morgan fingerprint density at radius 3 is 2.60 bits per heavy atom. The fraction of sp³-hybridized carbons (Fsp3) is 0.303. The first-order chi connectivity index (χ1) is 20.3. The average Bonchev–Trinajstić information content (AvgIpc) is 3.30. The number of methoxy groups -OCH3 is 1. The Labute approximate surface area is 249 Å². The van der Waals surface area contributed by atoms with Gasteiger partial charge in [0.1, 0.15) is 11.3 Å². The minimum absolute atomic E-state index is 0.213. The summed E-state index contributed by atoms with van der Waals surface area (Å²) >= 11 is 6.39. The van der Waals surface area contributed by atoms with E-state index in [0.29, 0.717) is 39.8 Å². The summed E-state index contributed by atoms with van der Waals surface area (Å²) in [6.45, 7) is 5.60. The van der Waals surface area contributed by atoms with Crippen LogP contribution in [0, 0.1) is 12.8 Å². The molecule has 3 aromatic carbocycles. The van der Waals surface area contributed by atoms with E-state index in [0.717, 1.165) is 43.4 Å². The number of amides is 1. The van der Waals surface area contributed by atoms with Gasteiger partial charge < -0.3 is 14.6 Å². The van der Waals surface area contributed by atoms with Crippen LogP contribution >= 0.6 is 11.6 Å². The molecule has 2 aromatic heterocycles. The van der Waals surface area contributed by atoms with Crippen LogP contribution in [0.5, 0.6) is 5.75 Å². The van der Waals surface area contributed by atoms with Crippen LogP contribution < -0.4 is 15.6 Å². The number of hydrogen-bond donors (Lipinski definition) is 1. The average molecular weight is 584 g/mol. The van der Waals surface area contributed by atoms with Gasteiger partial charge in [0.15, 0.2) is 5.69 Å². The lowest BCUT2D eigenvalue weighted by Gasteiger charge is -2.32. The van der Waals surface area contributed by atoms with Crippen molar-refractivity contribution < 1.29 is 9.53 Å². The first kappa shape index (κ1) is 28.0. The molecule has 1 saturated heterocycles. The molecule has 0 bridgehead atoms. The quantitative estimate of drug-likeness (QED) is 0.274. The highest BCUT2D eigenvalue weighted by atomic mass is 35.5. The highest BCUT2D eigenvalue weighted by molar-refractivity contribution is 6.32. The van der Waals surface area contributed by atoms with Crippen molar-refractivity contribution in [1.29, 1.82) is 0 Å². The fourth-order valence-electron chi connectivity index (χ4n) is 6.04. The predicted octanol–water partition coefficient (Wildman–Crippen LogP) is 5.49. The predicted molar refractivity (Wildman–Crippen MR) is 167 cm³/mol. The molecule has 216 valence electrons. The minimum atomic E-state index is -0.331. The van der Waals surface area contributed by atoms with E-state index in [9.17, 15) is 9.59 Å². The summed E-state index contributed by atoms with van der Waals surface area (Å²) in [6.07, 6.45) is 2.01. The number of hydrogen-bond acceptors (Lipinski definition) is 5. The molecule has 0 spiro atoms. The van der Waals surface area contributed by atoms with Crippen molar-refractivity contribution in [3.8, 4) is 11.4 Å². The third-order valence-electron chi connectivity index (χ3n) is 8.28. The normalized spacial score (nSPS) is 14.5. The lowest BCUT2D eigenvalue weighted by atomic mass is 9.96. The number of ether oxygens (including phenoxy) is 1. The second-order valence-electron chi connectivity index (χ2n) is 11.1. The maximum Gasteiger partial charge on any atom is 0.296 e. The topological polar surface area (TPSA) is 81.4 Å². The molecule has 8 nitrogen and oxygen atoms in total. The number of piperidine rings is 1. The molecule has 5 aromatic rings. The lowest BCUT2D eigenvalue weighted by molar-refractivity contribution is 0.0930. The van der Waals surface area contributed by atoms with E-state index in [4.69, 9.17) is 16.3 Å². The lowest BCUT2D eigenvalue weighted by Crippen LogP contribution is -2.39. The smallest absolute Gasteiger partial charge is 0.296 e. The van der Waals surface area contributed by atoms with Gasteiger partial charge in [0.2, 0.25) is 0 Å². The van der Waals surface area contributed by atoms with E-state index >= 15 is 0 Å². The minimum Gasteiger partial charge on any atom is -0.495 e. The van der Waals surface area contributed by atoms with Gasteiger partial charge in [-0.3, -0.25) is 14.5 Å². The number of para-hydroxylation sites is 1. The van der Waals surface area contributed by atoms with Crippen molar-refractivity contribution in [2.45, 2.75) is 26.3 Å². The van der Waals surface area contributed by atoms with Crippen LogP contribution in [0.1, 0.15) is 34.5 Å². The van der Waals surface area contributed by atoms with Crippen LogP contribution in [0.25, 0.3) is 27.5 Å². The third kappa shape index (κ3) is 5.28. The summed E-state index contributed by atoms with van der Waals surface area (Å²) in [5, 5.41) is 9.49. The number of nitrogens with zero attached hydrogens (tertiary/aromatic N) is 4. The van der Waals surface area contributed by atoms with Crippen molar-refractivity contribution in [2.24, 2.45) is 13.0 Å². The number of carbonyl (C=O) groups is 1. The van der Waals surface area contributed by atoms with Crippen molar-refractivity contribution >= 4 is 39.3 Å². The second-order valence-corrected chi connectivity index (χ2v) is 11.5. The largest absolute Gasteiger partial charge is 0.495 e. The Kier molecular flexibility index (Phi) is 7.75. The first-order valence-corrected chi connectivity index (χ1v) is 14.6. The van der Waals surface area contributed by atoms with E-state index < -0.39 is 0 Å². The molecule has 42 heavy (non-hydrogen) atoms. The van der Waals surface area contributed by atoms with Crippen molar-refractivity contribution in [3.05, 3.63) is 98.9 Å². The summed E-state index contributed by atoms with van der Waals surface area (Å²) in [4.78, 5) is 30.1. The Hall–Kier alpha value is -4.14. The Morgan fingerprint density at radius 1 is 1.07 bits per heavy atom. The number of rotatable bonds is 7. The number of benzene rings is 3. The van der Waals surface area contributed by atoms with Gasteiger partial charge in [0, 0.05) is 36.4 Å². The number of aromatic nitrogens is 3. The molecular formula is C33H34ClN5O3. The van der Waals surface area contributed by atoms with Gasteiger partial charge in [-0.2, -0.15) is 9.78 Å². The molecule has 0 aliphatic carbocycles. The summed E-state index contributed by atoms with van der Waals surface area (Å²) < 4.78 is 8.36. The summed E-state index contributed by atoms with van der Waals surface area (Å²) in [5.74, 6) is 0.561. The van der Waals surface area contributed by atoms with Crippen molar-refractivity contribution in [3.63, 3.8) is 0 Å². The van der Waals surface area contributed by atoms with E-state index in [1.165, 1.54) is 22.9 Å². The summed E-state index contributed by atoms with van der Waals surface area (Å²) in [5.41, 5.74) is 4.21. The standard InChI is InChI=1S/C33H34ClN5O3/c1-21-7-6-8-23(17-21)20-38-15-13-22(14-16-38)19-35-32(40)30-29-25-9-4-5-10-27(25)37(2)31(29)33(41)39(36-30)24-11-12-28(42-3)26(34)18-24/h4-12,17-18,22H,13-16,19-20H2,1-3H3,(H,35,40). The Balaban J connectivity index is 1.27. The molecule has 1 amide bonds. The van der Waals surface area contributed by atoms with E-state index in [2.05, 4.69) is 46.5 Å². The zero-order chi connectivity index (χ0) is 29.4. The van der Waals surface area contributed by atoms with E-state index in [-0.39, 0.29) is 17.2 Å². The molecule has 9 heteroatoms. The van der Waals surface area contributed by atoms with Gasteiger partial charge in [-0.15, -0.1) is 0 Å². The van der Waals surface area contributed by atoms with Gasteiger partial charge in [-0.25, -0.2) is 0 Å². The van der Waals surface area contributed by atoms with Crippen molar-refractivity contribution in [1.82, 2.24) is 24.6 Å². The molecule has 0 saturated carbocycles. The molecule has 6 rings (SSSR count). The maximum absolute atomic E-state index is 13.8. The maximum atomic E-state index is 13.8. The van der Waals surface area contributed by atoms with Crippen LogP contribution in [-0.2, 0) is 13.6 Å². The van der Waals surface area contributed by atoms with Crippen LogP contribution in [0.3, 0.4) is 0 Å². The highest BCUT2D eigenvalue weighted by Crippen LogP contribution is 2.30. The molecule has 0 unspecified atom stereocenters. The first-order valence-electron chi connectivity index (χ1n) is 14.2. The number of halogens is 1. The fourth-order valence-corrected chi connectivity index (χ4v) is 6.29. The number of fused-ring (bicyclic) bond motifs is 3. The van der Waals surface area contributed by atoms with E-state index in [1.54, 1.807) is 18.2 Å². The number of carbonyl (C=O) groups excluding carboxylic acids is 1. The number of aryl methyl sites for hydroxylation is 2. The molecule has 1 aliphatic rings. The SMILES string of the molecule is COc1ccc(-n2nc(C(=O)NCC3CCN(Cc4cccc(C)c4)CC3)c3c4ccccc4n(C)c3c2=O)cc1Cl. The zero-order valence-corrected chi connectivity index (χ0v) is 24.8. The molecule has 0 atom stereocenters. The Morgan fingerprint density at radius 2 is 1.86 bits per heavy atom. The second kappa shape index (κ2) is 11.6. The van der Waals surface area contributed by atoms with Crippen LogP contribution in [0.15, 0.2) is 71.5 Å². The summed E-state index contributed by atoms with van der Waals surface area (Å²) in [6, 6.07) is 21.4. The number of likely N-dealkylation sites (tertiary alicyclic amines) is 1. The summed E-state index contributed by atoms with van der Waals surface area (Å²) in [7, 11) is 3.37. The van der Waals surface area contributed by atoms with Gasteiger partial charge >= 0.3 is 0 Å². The van der Waals surface area contributed by atoms with Crippen LogP contribution in [0.2, 0.25) is 5.02 Å². The Bertz CT molecular complexity index is 1850. The third-order valence-corrected chi connectivity index (χ3v) is 8.58. The van der Waals surface area contributed by atoms with E-state index in [1.807, 2.05) is 35.9 Å². The van der Waals surface area contributed by atoms with Gasteiger partial charge in [0.25, 0.3) is 11.5 Å². The molecule has 1 fully saturated rings. The number of nitrogens with one attached hydrogen (secondary N) is 1. The monoisotopic (exact) mass is 583 g/mol. The van der Waals surface area contributed by atoms with Crippen LogP contribution in [0.4, 0.5) is 0 Å². The molecule has 0 radical (unpaired) electrons. The molecule has 1 N–H and O–H groups in total. The van der Waals surface area contributed by atoms with Crippen molar-refractivity contribution in [2.75, 3.05) is 26.7 Å². The van der Waals surface area contributed by atoms with Crippen LogP contribution in [-0.4, -0.2) is 51.9 Å². The highest BCUT2D eigenvalue weighted by Gasteiger charge is 2.25. The molecule has 3 heterocycles. The van der Waals surface area contributed by atoms with Gasteiger partial charge in [-0.1, -0.05) is 59.6 Å². The van der Waals surface area contributed by atoms with Gasteiger partial charge in [-0.05, 0) is 68.6 Å². The zero-order valence-electron chi connectivity index (χ0n) is 24.1. The van der Waals surface area contributed by atoms with Gasteiger partial charge in [0.05, 0.1) is 17.8 Å². The molecule has 1 aliphatic heterocycles. The molecular weight excluding hydrogens is 550 g/mol.